The first-order valence-corrected chi connectivity index (χ1v) is 5.28. The van der Waals surface area contributed by atoms with Gasteiger partial charge in [0.05, 0.1) is 5.56 Å². The lowest BCUT2D eigenvalue weighted by Gasteiger charge is -2.26. The Balaban J connectivity index is 2.20. The molecule has 1 saturated heterocycles. The molecule has 6 heteroatoms. The summed E-state index contributed by atoms with van der Waals surface area (Å²) < 4.78 is 38.0. The van der Waals surface area contributed by atoms with E-state index in [9.17, 15) is 18.0 Å². The Hall–Kier alpha value is -1.59. The lowest BCUT2D eigenvalue weighted by atomic mass is 10.2. The van der Waals surface area contributed by atoms with Gasteiger partial charge in [-0.25, -0.2) is 0 Å². The number of pyridine rings is 1. The van der Waals surface area contributed by atoms with Crippen molar-refractivity contribution in [3.63, 3.8) is 0 Å². The second-order valence-electron chi connectivity index (χ2n) is 3.94. The molecule has 0 aromatic carbocycles. The molecule has 0 bridgehead atoms. The molecule has 92 valence electrons. The maximum atomic E-state index is 12.7. The standard InChI is InChI=1S/C11H11F3N2O/c12-11(13,14)9-4-2-6-16(9)10(17)8-3-1-5-15-7-8/h1,3,5,7,9H,2,4,6H2. The van der Waals surface area contributed by atoms with Crippen LogP contribution in [0.1, 0.15) is 23.2 Å². The molecule has 1 amide bonds. The summed E-state index contributed by atoms with van der Waals surface area (Å²) in [6.45, 7) is 0.151. The van der Waals surface area contributed by atoms with Gasteiger partial charge in [-0.1, -0.05) is 0 Å². The molecule has 1 unspecified atom stereocenters. The summed E-state index contributed by atoms with van der Waals surface area (Å²) >= 11 is 0. The first-order valence-electron chi connectivity index (χ1n) is 5.28. The number of halogens is 3. The lowest BCUT2D eigenvalue weighted by molar-refractivity contribution is -0.169. The van der Waals surface area contributed by atoms with E-state index >= 15 is 0 Å². The van der Waals surface area contributed by atoms with Crippen molar-refractivity contribution in [3.8, 4) is 0 Å². The quantitative estimate of drug-likeness (QED) is 0.759. The highest BCUT2D eigenvalue weighted by Crippen LogP contribution is 2.33. The summed E-state index contributed by atoms with van der Waals surface area (Å²) in [5, 5.41) is 0. The van der Waals surface area contributed by atoms with Gasteiger partial charge in [-0.15, -0.1) is 0 Å². The fourth-order valence-electron chi connectivity index (χ4n) is 2.01. The molecule has 0 radical (unpaired) electrons. The van der Waals surface area contributed by atoms with E-state index in [2.05, 4.69) is 4.98 Å². The summed E-state index contributed by atoms with van der Waals surface area (Å²) in [5.41, 5.74) is 0.198. The highest BCUT2D eigenvalue weighted by atomic mass is 19.4. The zero-order chi connectivity index (χ0) is 12.5. The molecule has 1 aliphatic heterocycles. The van der Waals surface area contributed by atoms with Gasteiger partial charge in [0.25, 0.3) is 5.91 Å². The molecule has 2 rings (SSSR count). The van der Waals surface area contributed by atoms with Crippen LogP contribution in [-0.4, -0.2) is 34.6 Å². The fraction of sp³-hybridized carbons (Fsp3) is 0.455. The van der Waals surface area contributed by atoms with Gasteiger partial charge in [-0.2, -0.15) is 13.2 Å². The van der Waals surface area contributed by atoms with Gasteiger partial charge in [-0.05, 0) is 25.0 Å². The van der Waals surface area contributed by atoms with Crippen LogP contribution in [0.15, 0.2) is 24.5 Å². The Morgan fingerprint density at radius 1 is 1.47 bits per heavy atom. The lowest BCUT2D eigenvalue weighted by Crippen LogP contribution is -2.44. The van der Waals surface area contributed by atoms with Crippen LogP contribution in [0.4, 0.5) is 13.2 Å². The molecular weight excluding hydrogens is 233 g/mol. The van der Waals surface area contributed by atoms with Gasteiger partial charge in [0.15, 0.2) is 0 Å². The predicted octanol–water partition coefficient (Wildman–Crippen LogP) is 2.25. The molecule has 0 N–H and O–H groups in total. The number of aromatic nitrogens is 1. The molecule has 1 aromatic heterocycles. The molecule has 17 heavy (non-hydrogen) atoms. The SMILES string of the molecule is O=C(c1cccnc1)N1CCCC1C(F)(F)F. The average Bonchev–Trinajstić information content (AvgIpc) is 2.78. The third-order valence-corrected chi connectivity index (χ3v) is 2.80. The number of likely N-dealkylation sites (tertiary alicyclic amines) is 1. The van der Waals surface area contributed by atoms with Gasteiger partial charge in [0, 0.05) is 18.9 Å². The summed E-state index contributed by atoms with van der Waals surface area (Å²) in [4.78, 5) is 16.5. The largest absolute Gasteiger partial charge is 0.408 e. The Labute approximate surface area is 96.3 Å². The van der Waals surface area contributed by atoms with Crippen LogP contribution in [0, 0.1) is 0 Å². The summed E-state index contributed by atoms with van der Waals surface area (Å²) in [6.07, 6.45) is -1.23. The molecule has 2 heterocycles. The van der Waals surface area contributed by atoms with E-state index in [4.69, 9.17) is 0 Å². The number of carbonyl (C=O) groups is 1. The summed E-state index contributed by atoms with van der Waals surface area (Å²) in [6, 6.07) is 1.35. The highest BCUT2D eigenvalue weighted by molar-refractivity contribution is 5.94. The Bertz CT molecular complexity index is 405. The molecular formula is C11H11F3N2O. The number of rotatable bonds is 1. The zero-order valence-electron chi connectivity index (χ0n) is 8.94. The molecule has 0 saturated carbocycles. The Kier molecular flexibility index (Phi) is 3.04. The maximum absolute atomic E-state index is 12.7. The van der Waals surface area contributed by atoms with Gasteiger partial charge in [0.1, 0.15) is 6.04 Å². The highest BCUT2D eigenvalue weighted by Gasteiger charge is 2.47. The zero-order valence-corrected chi connectivity index (χ0v) is 8.94. The number of alkyl halides is 3. The number of hydrogen-bond donors (Lipinski definition) is 0. The first kappa shape index (κ1) is 11.9. The van der Waals surface area contributed by atoms with Gasteiger partial charge in [0.2, 0.25) is 0 Å². The molecule has 1 aromatic rings. The minimum atomic E-state index is -4.35. The van der Waals surface area contributed by atoms with E-state index in [1.165, 1.54) is 24.5 Å². The van der Waals surface area contributed by atoms with Gasteiger partial charge >= 0.3 is 6.18 Å². The average molecular weight is 244 g/mol. The van der Waals surface area contributed by atoms with Crippen LogP contribution in [0.3, 0.4) is 0 Å². The van der Waals surface area contributed by atoms with E-state index in [1.54, 1.807) is 0 Å². The van der Waals surface area contributed by atoms with Crippen molar-refractivity contribution in [2.24, 2.45) is 0 Å². The number of carbonyl (C=O) groups excluding carboxylic acids is 1. The minimum Gasteiger partial charge on any atom is -0.326 e. The van der Waals surface area contributed by atoms with Crippen LogP contribution in [0.2, 0.25) is 0 Å². The third-order valence-electron chi connectivity index (χ3n) is 2.80. The number of amides is 1. The molecule has 3 nitrogen and oxygen atoms in total. The molecule has 0 aliphatic carbocycles. The van der Waals surface area contributed by atoms with Crippen molar-refractivity contribution in [2.45, 2.75) is 25.1 Å². The fourth-order valence-corrected chi connectivity index (χ4v) is 2.01. The van der Waals surface area contributed by atoms with E-state index in [0.29, 0.717) is 6.42 Å². The van der Waals surface area contributed by atoms with E-state index < -0.39 is 18.1 Å². The van der Waals surface area contributed by atoms with Crippen molar-refractivity contribution < 1.29 is 18.0 Å². The predicted molar refractivity (Wildman–Crippen MR) is 54.4 cm³/mol. The third kappa shape index (κ3) is 2.40. The number of hydrogen-bond acceptors (Lipinski definition) is 2. The smallest absolute Gasteiger partial charge is 0.326 e. The second kappa shape index (κ2) is 4.35. The minimum absolute atomic E-state index is 0.0184. The molecule has 1 atom stereocenters. The van der Waals surface area contributed by atoms with Crippen molar-refractivity contribution in [1.82, 2.24) is 9.88 Å². The van der Waals surface area contributed by atoms with Crippen LogP contribution >= 0.6 is 0 Å². The van der Waals surface area contributed by atoms with Crippen molar-refractivity contribution >= 4 is 5.91 Å². The van der Waals surface area contributed by atoms with Crippen molar-refractivity contribution in [2.75, 3.05) is 6.54 Å². The van der Waals surface area contributed by atoms with E-state index in [0.717, 1.165) is 4.90 Å². The number of nitrogens with zero attached hydrogens (tertiary/aromatic N) is 2. The first-order chi connectivity index (χ1) is 8.00. The molecule has 0 spiro atoms. The second-order valence-corrected chi connectivity index (χ2v) is 3.94. The van der Waals surface area contributed by atoms with Crippen molar-refractivity contribution in [3.05, 3.63) is 30.1 Å². The van der Waals surface area contributed by atoms with Crippen LogP contribution < -0.4 is 0 Å². The molecule has 1 aliphatic rings. The van der Waals surface area contributed by atoms with Crippen LogP contribution in [-0.2, 0) is 0 Å². The normalized spacial score (nSPS) is 20.6. The van der Waals surface area contributed by atoms with Crippen LogP contribution in [0.5, 0.6) is 0 Å². The molecule has 1 fully saturated rings. The van der Waals surface area contributed by atoms with Gasteiger partial charge in [-0.3, -0.25) is 9.78 Å². The van der Waals surface area contributed by atoms with Crippen LogP contribution in [0.25, 0.3) is 0 Å². The van der Waals surface area contributed by atoms with Crippen molar-refractivity contribution in [1.29, 1.82) is 0 Å². The summed E-state index contributed by atoms with van der Waals surface area (Å²) in [7, 11) is 0. The van der Waals surface area contributed by atoms with E-state index in [1.807, 2.05) is 0 Å². The summed E-state index contributed by atoms with van der Waals surface area (Å²) in [5.74, 6) is -0.599. The van der Waals surface area contributed by atoms with Gasteiger partial charge < -0.3 is 4.90 Å². The Morgan fingerprint density at radius 3 is 2.82 bits per heavy atom. The topological polar surface area (TPSA) is 33.2 Å². The maximum Gasteiger partial charge on any atom is 0.408 e. The Morgan fingerprint density at radius 2 is 2.24 bits per heavy atom. The monoisotopic (exact) mass is 244 g/mol. The van der Waals surface area contributed by atoms with E-state index in [-0.39, 0.29) is 18.5 Å².